The quantitative estimate of drug-likeness (QED) is 0.588. The van der Waals surface area contributed by atoms with Crippen LogP contribution in [0.3, 0.4) is 0 Å². The molecule has 12 heavy (non-hydrogen) atoms. The molecule has 0 aliphatic heterocycles. The molecule has 0 aliphatic rings. The third kappa shape index (κ3) is 0.993. The van der Waals surface area contributed by atoms with Gasteiger partial charge < -0.3 is 4.42 Å². The number of hydrogen-bond acceptors (Lipinski definition) is 3. The Morgan fingerprint density at radius 2 is 2.25 bits per heavy atom. The third-order valence-corrected chi connectivity index (χ3v) is 1.72. The van der Waals surface area contributed by atoms with E-state index in [0.717, 1.165) is 5.56 Å². The van der Waals surface area contributed by atoms with Crippen LogP contribution >= 0.6 is 0 Å². The fourth-order valence-electron chi connectivity index (χ4n) is 1.12. The summed E-state index contributed by atoms with van der Waals surface area (Å²) in [5.74, 6) is 0. The van der Waals surface area contributed by atoms with Crippen molar-refractivity contribution in [3.8, 4) is 0 Å². The van der Waals surface area contributed by atoms with Gasteiger partial charge >= 0.3 is 5.63 Å². The van der Waals surface area contributed by atoms with Crippen molar-refractivity contribution in [1.82, 2.24) is 4.98 Å². The molecular formula is C9H7NO2. The molecule has 2 rings (SSSR count). The Labute approximate surface area is 68.7 Å². The second-order valence-electron chi connectivity index (χ2n) is 2.66. The lowest BCUT2D eigenvalue weighted by atomic mass is 10.2. The number of hydrogen-bond donors (Lipinski definition) is 0. The van der Waals surface area contributed by atoms with Crippen LogP contribution in [-0.4, -0.2) is 4.98 Å². The Bertz CT molecular complexity index is 473. The number of fused-ring (bicyclic) bond motifs is 1. The summed E-state index contributed by atoms with van der Waals surface area (Å²) in [5.41, 5.74) is 1.44. The highest BCUT2D eigenvalue weighted by Gasteiger charge is 1.98. The van der Waals surface area contributed by atoms with Crippen LogP contribution in [0.25, 0.3) is 10.9 Å². The summed E-state index contributed by atoms with van der Waals surface area (Å²) in [6.07, 6.45) is 1.17. The van der Waals surface area contributed by atoms with Gasteiger partial charge in [-0.3, -0.25) is 0 Å². The Balaban J connectivity index is 2.96. The minimum absolute atomic E-state index is 0.333. The van der Waals surface area contributed by atoms with Gasteiger partial charge in [-0.05, 0) is 24.6 Å². The standard InChI is InChI=1S/C9H7NO2/c1-6-2-3-7-8(4-6)10-5-12-9(7)11/h2-5H,1H3. The molecule has 60 valence electrons. The van der Waals surface area contributed by atoms with E-state index in [1.165, 1.54) is 6.39 Å². The Morgan fingerprint density at radius 1 is 1.42 bits per heavy atom. The minimum Gasteiger partial charge on any atom is -0.411 e. The molecule has 0 saturated heterocycles. The summed E-state index contributed by atoms with van der Waals surface area (Å²) < 4.78 is 4.61. The van der Waals surface area contributed by atoms with E-state index in [0.29, 0.717) is 10.9 Å². The predicted molar refractivity (Wildman–Crippen MR) is 45.0 cm³/mol. The van der Waals surface area contributed by atoms with Crippen molar-refractivity contribution in [2.75, 3.05) is 0 Å². The van der Waals surface area contributed by atoms with Crippen molar-refractivity contribution in [1.29, 1.82) is 0 Å². The molecule has 1 aromatic heterocycles. The van der Waals surface area contributed by atoms with Crippen molar-refractivity contribution in [2.45, 2.75) is 6.92 Å². The molecule has 1 heterocycles. The molecule has 3 heteroatoms. The maximum atomic E-state index is 11.1. The van der Waals surface area contributed by atoms with Crippen LogP contribution in [0.1, 0.15) is 5.56 Å². The van der Waals surface area contributed by atoms with Gasteiger partial charge in [0.05, 0.1) is 10.9 Å². The lowest BCUT2D eigenvalue weighted by Gasteiger charge is -1.94. The molecule has 0 fully saturated rings. The van der Waals surface area contributed by atoms with E-state index in [9.17, 15) is 4.79 Å². The Kier molecular flexibility index (Phi) is 1.43. The first-order chi connectivity index (χ1) is 5.77. The second kappa shape index (κ2) is 2.44. The zero-order valence-corrected chi connectivity index (χ0v) is 6.57. The molecule has 3 nitrogen and oxygen atoms in total. The van der Waals surface area contributed by atoms with Crippen molar-refractivity contribution < 1.29 is 4.42 Å². The molecule has 0 N–H and O–H groups in total. The summed E-state index contributed by atoms with van der Waals surface area (Å²) in [7, 11) is 0. The molecule has 1 aromatic carbocycles. The fourth-order valence-corrected chi connectivity index (χ4v) is 1.12. The van der Waals surface area contributed by atoms with Crippen molar-refractivity contribution in [2.24, 2.45) is 0 Å². The van der Waals surface area contributed by atoms with Crippen LogP contribution in [-0.2, 0) is 0 Å². The van der Waals surface area contributed by atoms with Gasteiger partial charge in [-0.1, -0.05) is 6.07 Å². The first kappa shape index (κ1) is 7.03. The topological polar surface area (TPSA) is 43.1 Å². The zero-order chi connectivity index (χ0) is 8.55. The normalized spacial score (nSPS) is 10.4. The highest BCUT2D eigenvalue weighted by Crippen LogP contribution is 2.08. The SMILES string of the molecule is Cc1ccc2c(=O)ocnc2c1. The zero-order valence-electron chi connectivity index (χ0n) is 6.57. The molecule has 0 radical (unpaired) electrons. The molecule has 0 amide bonds. The molecule has 0 saturated carbocycles. The summed E-state index contributed by atoms with van der Waals surface area (Å²) >= 11 is 0. The maximum Gasteiger partial charge on any atom is 0.346 e. The van der Waals surface area contributed by atoms with E-state index >= 15 is 0 Å². The van der Waals surface area contributed by atoms with Gasteiger partial charge in [0.15, 0.2) is 6.39 Å². The van der Waals surface area contributed by atoms with E-state index < -0.39 is 0 Å². The minimum atomic E-state index is -0.333. The molecule has 0 atom stereocenters. The molecule has 0 unspecified atom stereocenters. The van der Waals surface area contributed by atoms with Gasteiger partial charge in [0, 0.05) is 0 Å². The predicted octanol–water partition coefficient (Wildman–Crippen LogP) is 1.50. The van der Waals surface area contributed by atoms with E-state index in [-0.39, 0.29) is 5.63 Å². The van der Waals surface area contributed by atoms with Crippen LogP contribution in [0.4, 0.5) is 0 Å². The average Bonchev–Trinajstić information content (AvgIpc) is 2.04. The average molecular weight is 161 g/mol. The molecule has 2 aromatic rings. The highest BCUT2D eigenvalue weighted by atomic mass is 16.4. The van der Waals surface area contributed by atoms with Crippen molar-refractivity contribution in [3.63, 3.8) is 0 Å². The van der Waals surface area contributed by atoms with Crippen LogP contribution in [0.15, 0.2) is 33.8 Å². The highest BCUT2D eigenvalue weighted by molar-refractivity contribution is 5.77. The van der Waals surface area contributed by atoms with Crippen LogP contribution in [0.5, 0.6) is 0 Å². The van der Waals surface area contributed by atoms with Gasteiger partial charge in [0.1, 0.15) is 0 Å². The Morgan fingerprint density at radius 3 is 3.08 bits per heavy atom. The van der Waals surface area contributed by atoms with Crippen LogP contribution < -0.4 is 5.63 Å². The van der Waals surface area contributed by atoms with E-state index in [2.05, 4.69) is 9.40 Å². The molecule has 0 bridgehead atoms. The van der Waals surface area contributed by atoms with Crippen molar-refractivity contribution in [3.05, 3.63) is 40.6 Å². The van der Waals surface area contributed by atoms with E-state index in [1.54, 1.807) is 6.07 Å². The number of benzene rings is 1. The third-order valence-electron chi connectivity index (χ3n) is 1.72. The molecular weight excluding hydrogens is 154 g/mol. The first-order valence-corrected chi connectivity index (χ1v) is 3.61. The van der Waals surface area contributed by atoms with Gasteiger partial charge in [0.25, 0.3) is 0 Å². The lowest BCUT2D eigenvalue weighted by molar-refractivity contribution is 0.501. The summed E-state index contributed by atoms with van der Waals surface area (Å²) in [4.78, 5) is 15.0. The smallest absolute Gasteiger partial charge is 0.346 e. The van der Waals surface area contributed by atoms with Crippen LogP contribution in [0.2, 0.25) is 0 Å². The number of aromatic nitrogens is 1. The Hall–Kier alpha value is -1.64. The molecule has 0 spiro atoms. The van der Waals surface area contributed by atoms with E-state index in [4.69, 9.17) is 0 Å². The number of nitrogens with zero attached hydrogens (tertiary/aromatic N) is 1. The summed E-state index contributed by atoms with van der Waals surface area (Å²) in [5, 5.41) is 0.531. The summed E-state index contributed by atoms with van der Waals surface area (Å²) in [6.45, 7) is 1.95. The summed E-state index contributed by atoms with van der Waals surface area (Å²) in [6, 6.07) is 5.44. The van der Waals surface area contributed by atoms with Crippen LogP contribution in [0, 0.1) is 6.92 Å². The monoisotopic (exact) mass is 161 g/mol. The largest absolute Gasteiger partial charge is 0.411 e. The van der Waals surface area contributed by atoms with Gasteiger partial charge in [-0.15, -0.1) is 0 Å². The maximum absolute atomic E-state index is 11.1. The van der Waals surface area contributed by atoms with Gasteiger partial charge in [0.2, 0.25) is 0 Å². The van der Waals surface area contributed by atoms with Gasteiger partial charge in [-0.2, -0.15) is 0 Å². The molecule has 0 aliphatic carbocycles. The lowest BCUT2D eigenvalue weighted by Crippen LogP contribution is -1.99. The number of rotatable bonds is 0. The van der Waals surface area contributed by atoms with Gasteiger partial charge in [-0.25, -0.2) is 9.78 Å². The van der Waals surface area contributed by atoms with Crippen molar-refractivity contribution >= 4 is 10.9 Å². The second-order valence-corrected chi connectivity index (χ2v) is 2.66. The fraction of sp³-hybridized carbons (Fsp3) is 0.111. The first-order valence-electron chi connectivity index (χ1n) is 3.61. The van der Waals surface area contributed by atoms with E-state index in [1.807, 2.05) is 19.1 Å². The number of aryl methyl sites for hydroxylation is 1.